The molecule has 4 rings (SSSR count). The molecule has 2 aliphatic rings. The molecule has 2 aromatic rings. The van der Waals surface area contributed by atoms with Gasteiger partial charge in [-0.15, -0.1) is 0 Å². The van der Waals surface area contributed by atoms with Crippen LogP contribution >= 0.6 is 0 Å². The number of nitrogens with zero attached hydrogens (tertiary/aromatic N) is 1. The van der Waals surface area contributed by atoms with Crippen molar-refractivity contribution in [3.8, 4) is 0 Å². The monoisotopic (exact) mass is 330 g/mol. The summed E-state index contributed by atoms with van der Waals surface area (Å²) in [7, 11) is -3.54. The predicted octanol–water partition coefficient (Wildman–Crippen LogP) is 2.97. The Labute approximate surface area is 135 Å². The number of rotatable bonds is 2. The zero-order chi connectivity index (χ0) is 16.0. The van der Waals surface area contributed by atoms with E-state index in [2.05, 4.69) is 5.32 Å². The maximum atomic E-state index is 13.1. The van der Waals surface area contributed by atoms with E-state index in [0.717, 1.165) is 25.7 Å². The third-order valence-electron chi connectivity index (χ3n) is 4.68. The number of amides is 1. The lowest BCUT2D eigenvalue weighted by Gasteiger charge is -2.21. The number of hydrogen-bond donors (Lipinski definition) is 1. The Bertz CT molecular complexity index is 897. The summed E-state index contributed by atoms with van der Waals surface area (Å²) in [5, 5.41) is 4.14. The molecule has 0 aromatic heterocycles. The van der Waals surface area contributed by atoms with Crippen molar-refractivity contribution in [1.29, 1.82) is 0 Å². The van der Waals surface area contributed by atoms with Crippen LogP contribution in [0, 0.1) is 0 Å². The van der Waals surface area contributed by atoms with Crippen molar-refractivity contribution >= 4 is 32.4 Å². The Morgan fingerprint density at radius 1 is 0.957 bits per heavy atom. The van der Waals surface area contributed by atoms with Gasteiger partial charge in [-0.2, -0.15) is 4.31 Å². The van der Waals surface area contributed by atoms with Crippen molar-refractivity contribution in [1.82, 2.24) is 4.31 Å². The van der Waals surface area contributed by atoms with E-state index in [0.29, 0.717) is 40.0 Å². The van der Waals surface area contributed by atoms with Crippen LogP contribution in [0.2, 0.25) is 0 Å². The van der Waals surface area contributed by atoms with Crippen molar-refractivity contribution in [3.63, 3.8) is 0 Å². The molecule has 1 saturated heterocycles. The summed E-state index contributed by atoms with van der Waals surface area (Å²) < 4.78 is 27.8. The highest BCUT2D eigenvalue weighted by atomic mass is 32.2. The fourth-order valence-corrected chi connectivity index (χ4v) is 5.21. The molecule has 2 heterocycles. The van der Waals surface area contributed by atoms with Crippen LogP contribution in [-0.2, 0) is 10.0 Å². The average Bonchev–Trinajstić information content (AvgIpc) is 2.75. The van der Waals surface area contributed by atoms with Gasteiger partial charge in [0, 0.05) is 35.1 Å². The number of sulfonamides is 1. The van der Waals surface area contributed by atoms with Gasteiger partial charge in [0.2, 0.25) is 10.0 Å². The number of benzene rings is 2. The number of nitrogens with one attached hydrogen (secondary N) is 1. The van der Waals surface area contributed by atoms with Crippen LogP contribution in [0.1, 0.15) is 36.0 Å². The second-order valence-corrected chi connectivity index (χ2v) is 8.02. The normalized spacial score (nSPS) is 18.9. The Morgan fingerprint density at radius 3 is 2.43 bits per heavy atom. The van der Waals surface area contributed by atoms with E-state index in [-0.39, 0.29) is 5.91 Å². The van der Waals surface area contributed by atoms with Gasteiger partial charge in [-0.25, -0.2) is 8.42 Å². The first-order chi connectivity index (χ1) is 11.1. The van der Waals surface area contributed by atoms with Crippen LogP contribution in [0.3, 0.4) is 0 Å². The molecular weight excluding hydrogens is 312 g/mol. The molecule has 1 amide bonds. The van der Waals surface area contributed by atoms with Crippen molar-refractivity contribution in [2.45, 2.75) is 30.6 Å². The minimum Gasteiger partial charge on any atom is -0.321 e. The highest BCUT2D eigenvalue weighted by Crippen LogP contribution is 2.37. The maximum absolute atomic E-state index is 13.1. The molecule has 0 spiro atoms. The number of hydrogen-bond acceptors (Lipinski definition) is 3. The van der Waals surface area contributed by atoms with Crippen LogP contribution in [0.5, 0.6) is 0 Å². The lowest BCUT2D eigenvalue weighted by Crippen LogP contribution is -2.32. The number of carbonyl (C=O) groups is 1. The molecule has 1 fully saturated rings. The number of carbonyl (C=O) groups excluding carboxylic acids is 1. The zero-order valence-electron chi connectivity index (χ0n) is 12.7. The van der Waals surface area contributed by atoms with Crippen LogP contribution in [0.4, 0.5) is 5.69 Å². The molecule has 2 aliphatic heterocycles. The molecule has 2 aromatic carbocycles. The Balaban J connectivity index is 1.90. The van der Waals surface area contributed by atoms with Gasteiger partial charge in [-0.1, -0.05) is 25.0 Å². The third kappa shape index (κ3) is 2.24. The van der Waals surface area contributed by atoms with Crippen molar-refractivity contribution in [3.05, 3.63) is 35.9 Å². The van der Waals surface area contributed by atoms with E-state index < -0.39 is 10.0 Å². The largest absolute Gasteiger partial charge is 0.321 e. The first-order valence-electron chi connectivity index (χ1n) is 7.96. The van der Waals surface area contributed by atoms with Gasteiger partial charge in [0.1, 0.15) is 0 Å². The highest BCUT2D eigenvalue weighted by molar-refractivity contribution is 7.89. The van der Waals surface area contributed by atoms with E-state index in [1.807, 2.05) is 0 Å². The van der Waals surface area contributed by atoms with Gasteiger partial charge in [0.25, 0.3) is 5.91 Å². The van der Waals surface area contributed by atoms with Crippen LogP contribution < -0.4 is 5.32 Å². The van der Waals surface area contributed by atoms with Gasteiger partial charge in [0.05, 0.1) is 4.90 Å². The predicted molar refractivity (Wildman–Crippen MR) is 89.1 cm³/mol. The fraction of sp³-hybridized carbons (Fsp3) is 0.353. The minimum atomic E-state index is -3.54. The van der Waals surface area contributed by atoms with Gasteiger partial charge < -0.3 is 5.32 Å². The molecule has 0 unspecified atom stereocenters. The lowest BCUT2D eigenvalue weighted by atomic mass is 10.1. The second kappa shape index (κ2) is 5.32. The maximum Gasteiger partial charge on any atom is 0.256 e. The molecule has 120 valence electrons. The molecule has 5 nitrogen and oxygen atoms in total. The molecule has 0 bridgehead atoms. The zero-order valence-corrected chi connectivity index (χ0v) is 13.5. The SMILES string of the molecule is O=C1Nc2ccc(S(=O)(=O)N3CCCCCC3)c3cccc1c23. The Kier molecular flexibility index (Phi) is 3.39. The average molecular weight is 330 g/mol. The van der Waals surface area contributed by atoms with Crippen molar-refractivity contribution in [2.75, 3.05) is 18.4 Å². The smallest absolute Gasteiger partial charge is 0.256 e. The standard InChI is InChI=1S/C17H18N2O3S/c20-17-13-7-5-6-12-15(9-8-14(18-17)16(12)13)23(21,22)19-10-3-1-2-4-11-19/h5-9H,1-4,10-11H2,(H,18,20). The van der Waals surface area contributed by atoms with Gasteiger partial charge in [0.15, 0.2) is 0 Å². The summed E-state index contributed by atoms with van der Waals surface area (Å²) >= 11 is 0. The summed E-state index contributed by atoms with van der Waals surface area (Å²) in [5.74, 6) is -0.171. The van der Waals surface area contributed by atoms with Gasteiger partial charge in [-0.05, 0) is 31.0 Å². The first kappa shape index (κ1) is 14.7. The minimum absolute atomic E-state index is 0.171. The van der Waals surface area contributed by atoms with Gasteiger partial charge in [-0.3, -0.25) is 4.79 Å². The first-order valence-corrected chi connectivity index (χ1v) is 9.40. The van der Waals surface area contributed by atoms with E-state index in [4.69, 9.17) is 0 Å². The molecule has 0 atom stereocenters. The van der Waals surface area contributed by atoms with Crippen LogP contribution in [0.15, 0.2) is 35.2 Å². The summed E-state index contributed by atoms with van der Waals surface area (Å²) in [6.45, 7) is 1.14. The molecule has 0 aliphatic carbocycles. The highest BCUT2D eigenvalue weighted by Gasteiger charge is 2.30. The number of anilines is 1. The molecular formula is C17H18N2O3S. The van der Waals surface area contributed by atoms with Crippen LogP contribution in [0.25, 0.3) is 10.8 Å². The second-order valence-electron chi connectivity index (χ2n) is 6.11. The Hall–Kier alpha value is -1.92. The van der Waals surface area contributed by atoms with Crippen LogP contribution in [-0.4, -0.2) is 31.7 Å². The summed E-state index contributed by atoms with van der Waals surface area (Å²) in [6, 6.07) is 8.58. The molecule has 0 radical (unpaired) electrons. The van der Waals surface area contributed by atoms with Crippen molar-refractivity contribution < 1.29 is 13.2 Å². The molecule has 1 N–H and O–H groups in total. The summed E-state index contributed by atoms with van der Waals surface area (Å²) in [6.07, 6.45) is 3.96. The summed E-state index contributed by atoms with van der Waals surface area (Å²) in [5.41, 5.74) is 1.24. The fourth-order valence-electron chi connectivity index (χ4n) is 3.51. The summed E-state index contributed by atoms with van der Waals surface area (Å²) in [4.78, 5) is 12.3. The molecule has 6 heteroatoms. The quantitative estimate of drug-likeness (QED) is 0.920. The molecule has 23 heavy (non-hydrogen) atoms. The third-order valence-corrected chi connectivity index (χ3v) is 6.63. The van der Waals surface area contributed by atoms with E-state index in [1.54, 1.807) is 34.6 Å². The van der Waals surface area contributed by atoms with Gasteiger partial charge >= 0.3 is 0 Å². The Morgan fingerprint density at radius 2 is 1.70 bits per heavy atom. The van der Waals surface area contributed by atoms with E-state index >= 15 is 0 Å². The lowest BCUT2D eigenvalue weighted by molar-refractivity contribution is 0.103. The van der Waals surface area contributed by atoms with E-state index in [9.17, 15) is 13.2 Å². The molecule has 0 saturated carbocycles. The topological polar surface area (TPSA) is 66.5 Å². The van der Waals surface area contributed by atoms with Crippen molar-refractivity contribution in [2.24, 2.45) is 0 Å². The van der Waals surface area contributed by atoms with E-state index in [1.165, 1.54) is 0 Å².